The first kappa shape index (κ1) is 9.87. The summed E-state index contributed by atoms with van der Waals surface area (Å²) in [5.74, 6) is 0. The van der Waals surface area contributed by atoms with Crippen LogP contribution in [0.3, 0.4) is 0 Å². The molecule has 3 rings (SSSR count). The van der Waals surface area contributed by atoms with Crippen LogP contribution in [0.25, 0.3) is 10.9 Å². The summed E-state index contributed by atoms with van der Waals surface area (Å²) in [6, 6.07) is 5.42. The monoisotopic (exact) mass is 234 g/mol. The van der Waals surface area contributed by atoms with E-state index in [1.165, 1.54) is 0 Å². The van der Waals surface area contributed by atoms with Gasteiger partial charge in [-0.25, -0.2) is 0 Å². The van der Waals surface area contributed by atoms with E-state index in [1.807, 2.05) is 12.1 Å². The van der Waals surface area contributed by atoms with Crippen molar-refractivity contribution in [2.75, 3.05) is 6.54 Å². The zero-order valence-corrected chi connectivity index (χ0v) is 9.40. The summed E-state index contributed by atoms with van der Waals surface area (Å²) in [5, 5.41) is 4.49. The minimum atomic E-state index is 0.0958. The number of halogens is 1. The SMILES string of the molecule is O=c1c2c([nH]c3c(Cl)cccc13)CCNC2. The molecule has 2 aromatic rings. The number of para-hydroxylation sites is 1. The predicted molar refractivity (Wildman–Crippen MR) is 65.0 cm³/mol. The minimum absolute atomic E-state index is 0.0958. The van der Waals surface area contributed by atoms with Gasteiger partial charge in [-0.2, -0.15) is 0 Å². The molecule has 0 fully saturated rings. The number of aromatic amines is 1. The fourth-order valence-electron chi connectivity index (χ4n) is 2.19. The van der Waals surface area contributed by atoms with Gasteiger partial charge in [-0.15, -0.1) is 0 Å². The molecule has 0 atom stereocenters. The lowest BCUT2D eigenvalue weighted by Crippen LogP contribution is -2.30. The van der Waals surface area contributed by atoms with Gasteiger partial charge in [0.25, 0.3) is 0 Å². The van der Waals surface area contributed by atoms with Crippen LogP contribution in [0.4, 0.5) is 0 Å². The molecule has 0 amide bonds. The highest BCUT2D eigenvalue weighted by molar-refractivity contribution is 6.35. The highest BCUT2D eigenvalue weighted by Crippen LogP contribution is 2.21. The van der Waals surface area contributed by atoms with Gasteiger partial charge in [0, 0.05) is 36.2 Å². The first-order valence-electron chi connectivity index (χ1n) is 5.30. The van der Waals surface area contributed by atoms with Crippen LogP contribution < -0.4 is 10.7 Å². The third-order valence-electron chi connectivity index (χ3n) is 3.03. The second kappa shape index (κ2) is 3.61. The highest BCUT2D eigenvalue weighted by Gasteiger charge is 2.15. The number of hydrogen-bond acceptors (Lipinski definition) is 2. The molecular weight excluding hydrogens is 224 g/mol. The van der Waals surface area contributed by atoms with Crippen molar-refractivity contribution in [1.29, 1.82) is 0 Å². The minimum Gasteiger partial charge on any atom is -0.357 e. The molecule has 1 aromatic heterocycles. The van der Waals surface area contributed by atoms with E-state index in [0.717, 1.165) is 29.7 Å². The summed E-state index contributed by atoms with van der Waals surface area (Å²) in [6.07, 6.45) is 0.853. The Balaban J connectivity index is 2.44. The second-order valence-corrected chi connectivity index (χ2v) is 4.41. The summed E-state index contributed by atoms with van der Waals surface area (Å²) in [6.45, 7) is 1.55. The normalized spacial score (nSPS) is 15.1. The maximum absolute atomic E-state index is 12.2. The average Bonchev–Trinajstić information content (AvgIpc) is 2.31. The van der Waals surface area contributed by atoms with Crippen LogP contribution >= 0.6 is 11.6 Å². The Labute approximate surface area is 97.4 Å². The molecule has 0 saturated carbocycles. The topological polar surface area (TPSA) is 44.9 Å². The summed E-state index contributed by atoms with van der Waals surface area (Å²) in [4.78, 5) is 15.5. The molecule has 1 aromatic carbocycles. The molecule has 0 aliphatic carbocycles. The number of fused-ring (bicyclic) bond motifs is 2. The van der Waals surface area contributed by atoms with E-state index in [1.54, 1.807) is 6.07 Å². The van der Waals surface area contributed by atoms with Crippen molar-refractivity contribution < 1.29 is 0 Å². The van der Waals surface area contributed by atoms with Crippen LogP contribution in [0.2, 0.25) is 5.02 Å². The molecule has 0 unspecified atom stereocenters. The lowest BCUT2D eigenvalue weighted by atomic mass is 10.0. The Morgan fingerprint density at radius 3 is 3.06 bits per heavy atom. The molecule has 0 spiro atoms. The van der Waals surface area contributed by atoms with E-state index in [9.17, 15) is 4.79 Å². The molecule has 0 bridgehead atoms. The van der Waals surface area contributed by atoms with E-state index in [4.69, 9.17) is 11.6 Å². The fourth-order valence-corrected chi connectivity index (χ4v) is 2.42. The number of aromatic nitrogens is 1. The number of rotatable bonds is 0. The number of benzene rings is 1. The van der Waals surface area contributed by atoms with E-state index in [-0.39, 0.29) is 5.43 Å². The molecule has 82 valence electrons. The van der Waals surface area contributed by atoms with Crippen molar-refractivity contribution in [2.45, 2.75) is 13.0 Å². The number of H-pyrrole nitrogens is 1. The summed E-state index contributed by atoms with van der Waals surface area (Å²) in [5.41, 5.74) is 2.72. The standard InChI is InChI=1S/C12H11ClN2O/c13-9-3-1-2-7-11(9)15-10-4-5-14-6-8(10)12(7)16/h1-3,14H,4-6H2,(H,15,16). The second-order valence-electron chi connectivity index (χ2n) is 4.00. The van der Waals surface area contributed by atoms with E-state index < -0.39 is 0 Å². The molecule has 4 heteroatoms. The lowest BCUT2D eigenvalue weighted by Gasteiger charge is -2.17. The maximum atomic E-state index is 12.2. The molecule has 0 saturated heterocycles. The number of pyridine rings is 1. The zero-order chi connectivity index (χ0) is 11.1. The Bertz CT molecular complexity index is 618. The predicted octanol–water partition coefficient (Wildman–Crippen LogP) is 1.83. The van der Waals surface area contributed by atoms with Crippen LogP contribution in [0.1, 0.15) is 11.3 Å². The van der Waals surface area contributed by atoms with Gasteiger partial charge in [0.15, 0.2) is 5.43 Å². The van der Waals surface area contributed by atoms with E-state index in [0.29, 0.717) is 17.0 Å². The molecule has 2 N–H and O–H groups in total. The van der Waals surface area contributed by atoms with Gasteiger partial charge in [0.05, 0.1) is 10.5 Å². The maximum Gasteiger partial charge on any atom is 0.194 e. The highest BCUT2D eigenvalue weighted by atomic mass is 35.5. The van der Waals surface area contributed by atoms with E-state index in [2.05, 4.69) is 10.3 Å². The van der Waals surface area contributed by atoms with Crippen molar-refractivity contribution in [3.63, 3.8) is 0 Å². The van der Waals surface area contributed by atoms with Gasteiger partial charge in [-0.05, 0) is 12.1 Å². The van der Waals surface area contributed by atoms with Gasteiger partial charge in [-0.1, -0.05) is 17.7 Å². The molecule has 2 heterocycles. The Morgan fingerprint density at radius 1 is 1.31 bits per heavy atom. The van der Waals surface area contributed by atoms with Crippen molar-refractivity contribution >= 4 is 22.5 Å². The largest absolute Gasteiger partial charge is 0.357 e. The van der Waals surface area contributed by atoms with Crippen LogP contribution in [-0.2, 0) is 13.0 Å². The number of hydrogen-bond donors (Lipinski definition) is 2. The number of nitrogens with one attached hydrogen (secondary N) is 2. The van der Waals surface area contributed by atoms with Crippen molar-refractivity contribution in [2.24, 2.45) is 0 Å². The molecule has 1 aliphatic rings. The van der Waals surface area contributed by atoms with Crippen LogP contribution in [0, 0.1) is 0 Å². The summed E-state index contributed by atoms with van der Waals surface area (Å²) in [7, 11) is 0. The quantitative estimate of drug-likeness (QED) is 0.731. The molecule has 1 aliphatic heterocycles. The van der Waals surface area contributed by atoms with Crippen molar-refractivity contribution in [1.82, 2.24) is 10.3 Å². The summed E-state index contributed by atoms with van der Waals surface area (Å²) < 4.78 is 0. The van der Waals surface area contributed by atoms with Gasteiger partial charge >= 0.3 is 0 Å². The Kier molecular flexibility index (Phi) is 2.23. The Morgan fingerprint density at radius 2 is 2.19 bits per heavy atom. The fraction of sp³-hybridized carbons (Fsp3) is 0.250. The smallest absolute Gasteiger partial charge is 0.194 e. The van der Waals surface area contributed by atoms with Crippen LogP contribution in [-0.4, -0.2) is 11.5 Å². The first-order chi connectivity index (χ1) is 7.77. The molecule has 16 heavy (non-hydrogen) atoms. The average molecular weight is 235 g/mol. The van der Waals surface area contributed by atoms with Gasteiger partial charge in [0.2, 0.25) is 0 Å². The Hall–Kier alpha value is -1.32. The molecular formula is C12H11ClN2O. The lowest BCUT2D eigenvalue weighted by molar-refractivity contribution is 0.629. The van der Waals surface area contributed by atoms with Gasteiger partial charge in [0.1, 0.15) is 0 Å². The third kappa shape index (κ3) is 1.36. The van der Waals surface area contributed by atoms with Crippen molar-refractivity contribution in [3.05, 3.63) is 44.7 Å². The zero-order valence-electron chi connectivity index (χ0n) is 8.64. The van der Waals surface area contributed by atoms with Crippen molar-refractivity contribution in [3.8, 4) is 0 Å². The molecule has 3 nitrogen and oxygen atoms in total. The molecule has 0 radical (unpaired) electrons. The van der Waals surface area contributed by atoms with Crippen LogP contribution in [0.15, 0.2) is 23.0 Å². The van der Waals surface area contributed by atoms with Crippen LogP contribution in [0.5, 0.6) is 0 Å². The van der Waals surface area contributed by atoms with E-state index >= 15 is 0 Å². The van der Waals surface area contributed by atoms with Gasteiger partial charge in [-0.3, -0.25) is 4.79 Å². The van der Waals surface area contributed by atoms with Gasteiger partial charge < -0.3 is 10.3 Å². The third-order valence-corrected chi connectivity index (χ3v) is 3.34. The summed E-state index contributed by atoms with van der Waals surface area (Å²) >= 11 is 6.09. The first-order valence-corrected chi connectivity index (χ1v) is 5.68.